The van der Waals surface area contributed by atoms with Gasteiger partial charge in [-0.1, -0.05) is 36.8 Å². The second-order valence-corrected chi connectivity index (χ2v) is 7.61. The Balaban J connectivity index is 1.91. The molecule has 0 aliphatic rings. The van der Waals surface area contributed by atoms with Crippen molar-refractivity contribution in [2.75, 3.05) is 0 Å². The molecule has 0 amide bonds. The molecule has 2 heterocycles. The quantitative estimate of drug-likeness (QED) is 0.747. The monoisotopic (exact) mass is 343 g/mol. The molecule has 5 nitrogen and oxygen atoms in total. The van der Waals surface area contributed by atoms with Crippen LogP contribution in [0.3, 0.4) is 0 Å². The maximum Gasteiger partial charge on any atom is 0.243 e. The average molecular weight is 343 g/mol. The minimum absolute atomic E-state index is 0.267. The first-order valence-corrected chi connectivity index (χ1v) is 9.48. The Hall–Kier alpha value is -2.18. The SMILES string of the molecule is CCCn1cc(S(=O)(=O)NCc2ccc(C)cc2)c2cccnc21. The molecule has 2 aromatic heterocycles. The zero-order valence-electron chi connectivity index (χ0n) is 13.9. The molecule has 0 spiro atoms. The summed E-state index contributed by atoms with van der Waals surface area (Å²) in [4.78, 5) is 4.62. The highest BCUT2D eigenvalue weighted by molar-refractivity contribution is 7.89. The molecule has 0 saturated heterocycles. The Bertz CT molecular complexity index is 944. The molecule has 126 valence electrons. The number of pyridine rings is 1. The molecule has 0 aliphatic carbocycles. The van der Waals surface area contributed by atoms with Crippen molar-refractivity contribution in [1.82, 2.24) is 14.3 Å². The highest BCUT2D eigenvalue weighted by Crippen LogP contribution is 2.24. The van der Waals surface area contributed by atoms with E-state index in [1.165, 1.54) is 0 Å². The predicted molar refractivity (Wildman–Crippen MR) is 95.2 cm³/mol. The molecule has 1 N–H and O–H groups in total. The maximum absolute atomic E-state index is 12.8. The van der Waals surface area contributed by atoms with Gasteiger partial charge in [0, 0.05) is 30.9 Å². The van der Waals surface area contributed by atoms with Crippen LogP contribution >= 0.6 is 0 Å². The fourth-order valence-electron chi connectivity index (χ4n) is 2.68. The van der Waals surface area contributed by atoms with E-state index in [2.05, 4.69) is 16.6 Å². The minimum Gasteiger partial charge on any atom is -0.331 e. The summed E-state index contributed by atoms with van der Waals surface area (Å²) in [5, 5.41) is 0.655. The summed E-state index contributed by atoms with van der Waals surface area (Å²) in [6.45, 7) is 5.06. The number of aryl methyl sites for hydroxylation is 2. The van der Waals surface area contributed by atoms with Crippen LogP contribution in [-0.4, -0.2) is 18.0 Å². The molecule has 0 unspecified atom stereocenters. The summed E-state index contributed by atoms with van der Waals surface area (Å²) in [7, 11) is -3.60. The lowest BCUT2D eigenvalue weighted by molar-refractivity contribution is 0.581. The third-order valence-electron chi connectivity index (χ3n) is 3.94. The number of aromatic nitrogens is 2. The van der Waals surface area contributed by atoms with Crippen molar-refractivity contribution in [3.8, 4) is 0 Å². The molecular weight excluding hydrogens is 322 g/mol. The van der Waals surface area contributed by atoms with E-state index in [0.29, 0.717) is 11.0 Å². The maximum atomic E-state index is 12.8. The molecule has 0 saturated carbocycles. The molecule has 3 rings (SSSR count). The van der Waals surface area contributed by atoms with E-state index in [0.717, 1.165) is 24.1 Å². The lowest BCUT2D eigenvalue weighted by Gasteiger charge is -2.06. The third-order valence-corrected chi connectivity index (χ3v) is 5.37. The number of nitrogens with zero attached hydrogens (tertiary/aromatic N) is 2. The number of hydrogen-bond acceptors (Lipinski definition) is 3. The molecular formula is C18H21N3O2S. The van der Waals surface area contributed by atoms with Crippen LogP contribution in [0.5, 0.6) is 0 Å². The van der Waals surface area contributed by atoms with Gasteiger partial charge in [0.25, 0.3) is 0 Å². The standard InChI is InChI=1S/C18H21N3O2S/c1-3-11-21-13-17(16-5-4-10-19-18(16)21)24(22,23)20-12-15-8-6-14(2)7-9-15/h4-10,13,20H,3,11-12H2,1-2H3. The first-order valence-electron chi connectivity index (χ1n) is 8.00. The lowest BCUT2D eigenvalue weighted by atomic mass is 10.2. The molecule has 1 aromatic carbocycles. The minimum atomic E-state index is -3.60. The Morgan fingerprint density at radius 1 is 1.17 bits per heavy atom. The Labute approximate surface area is 142 Å². The van der Waals surface area contributed by atoms with Gasteiger partial charge >= 0.3 is 0 Å². The van der Waals surface area contributed by atoms with E-state index in [9.17, 15) is 8.42 Å². The van der Waals surface area contributed by atoms with Gasteiger partial charge in [-0.25, -0.2) is 18.1 Å². The topological polar surface area (TPSA) is 64.0 Å². The van der Waals surface area contributed by atoms with Gasteiger partial charge in [0.2, 0.25) is 10.0 Å². The fourth-order valence-corrected chi connectivity index (χ4v) is 3.90. The van der Waals surface area contributed by atoms with Crippen molar-refractivity contribution in [1.29, 1.82) is 0 Å². The van der Waals surface area contributed by atoms with Gasteiger partial charge in [-0.15, -0.1) is 0 Å². The molecule has 24 heavy (non-hydrogen) atoms. The Morgan fingerprint density at radius 2 is 1.92 bits per heavy atom. The van der Waals surface area contributed by atoms with E-state index in [4.69, 9.17) is 0 Å². The highest BCUT2D eigenvalue weighted by Gasteiger charge is 2.21. The average Bonchev–Trinajstić information content (AvgIpc) is 2.95. The molecule has 0 fully saturated rings. The molecule has 0 aliphatic heterocycles. The molecule has 0 atom stereocenters. The third kappa shape index (κ3) is 3.34. The van der Waals surface area contributed by atoms with E-state index in [1.807, 2.05) is 35.8 Å². The number of fused-ring (bicyclic) bond motifs is 1. The first kappa shape index (κ1) is 16.7. The summed E-state index contributed by atoms with van der Waals surface area (Å²) >= 11 is 0. The Morgan fingerprint density at radius 3 is 2.62 bits per heavy atom. The summed E-state index contributed by atoms with van der Waals surface area (Å²) in [6.07, 6.45) is 4.28. The van der Waals surface area contributed by atoms with E-state index < -0.39 is 10.0 Å². The van der Waals surface area contributed by atoms with Crippen LogP contribution < -0.4 is 4.72 Å². The van der Waals surface area contributed by atoms with Crippen LogP contribution in [0, 0.1) is 6.92 Å². The molecule has 6 heteroatoms. The largest absolute Gasteiger partial charge is 0.331 e. The molecule has 3 aromatic rings. The molecule has 0 radical (unpaired) electrons. The number of sulfonamides is 1. The van der Waals surface area contributed by atoms with Crippen molar-refractivity contribution < 1.29 is 8.42 Å². The van der Waals surface area contributed by atoms with Gasteiger partial charge < -0.3 is 4.57 Å². The summed E-state index contributed by atoms with van der Waals surface area (Å²) in [5.74, 6) is 0. The second kappa shape index (κ2) is 6.75. The van der Waals surface area contributed by atoms with Crippen LogP contribution in [0.25, 0.3) is 11.0 Å². The van der Waals surface area contributed by atoms with Crippen LogP contribution in [0.4, 0.5) is 0 Å². The van der Waals surface area contributed by atoms with Gasteiger partial charge in [0.05, 0.1) is 0 Å². The van der Waals surface area contributed by atoms with Crippen LogP contribution in [0.15, 0.2) is 53.7 Å². The van der Waals surface area contributed by atoms with Gasteiger partial charge in [-0.05, 0) is 31.0 Å². The molecule has 0 bridgehead atoms. The fraction of sp³-hybridized carbons (Fsp3) is 0.278. The first-order chi connectivity index (χ1) is 11.5. The van der Waals surface area contributed by atoms with Crippen LogP contribution in [0.1, 0.15) is 24.5 Å². The normalized spacial score (nSPS) is 11.9. The highest BCUT2D eigenvalue weighted by atomic mass is 32.2. The number of rotatable bonds is 6. The number of nitrogens with one attached hydrogen (secondary N) is 1. The number of benzene rings is 1. The zero-order chi connectivity index (χ0) is 17.2. The summed E-state index contributed by atoms with van der Waals surface area (Å²) in [5.41, 5.74) is 2.78. The van der Waals surface area contributed by atoms with Crippen molar-refractivity contribution in [2.24, 2.45) is 0 Å². The van der Waals surface area contributed by atoms with Crippen molar-refractivity contribution in [3.05, 3.63) is 59.9 Å². The summed E-state index contributed by atoms with van der Waals surface area (Å²) < 4.78 is 30.1. The van der Waals surface area contributed by atoms with E-state index in [1.54, 1.807) is 24.5 Å². The van der Waals surface area contributed by atoms with Gasteiger partial charge in [0.1, 0.15) is 10.5 Å². The lowest BCUT2D eigenvalue weighted by Crippen LogP contribution is -2.23. The van der Waals surface area contributed by atoms with Gasteiger partial charge in [-0.3, -0.25) is 0 Å². The van der Waals surface area contributed by atoms with Crippen molar-refractivity contribution >= 4 is 21.1 Å². The summed E-state index contributed by atoms with van der Waals surface area (Å²) in [6, 6.07) is 11.4. The van der Waals surface area contributed by atoms with E-state index >= 15 is 0 Å². The van der Waals surface area contributed by atoms with Gasteiger partial charge in [0.15, 0.2) is 0 Å². The second-order valence-electron chi connectivity index (χ2n) is 5.87. The smallest absolute Gasteiger partial charge is 0.243 e. The van der Waals surface area contributed by atoms with Crippen molar-refractivity contribution in [2.45, 2.75) is 38.3 Å². The van der Waals surface area contributed by atoms with Crippen LogP contribution in [0.2, 0.25) is 0 Å². The number of hydrogen-bond donors (Lipinski definition) is 1. The van der Waals surface area contributed by atoms with E-state index in [-0.39, 0.29) is 11.4 Å². The zero-order valence-corrected chi connectivity index (χ0v) is 14.7. The van der Waals surface area contributed by atoms with Crippen molar-refractivity contribution in [3.63, 3.8) is 0 Å². The van der Waals surface area contributed by atoms with Gasteiger partial charge in [-0.2, -0.15) is 0 Å². The predicted octanol–water partition coefficient (Wildman–Crippen LogP) is 3.23. The Kier molecular flexibility index (Phi) is 4.69. The van der Waals surface area contributed by atoms with Crippen LogP contribution in [-0.2, 0) is 23.1 Å².